The van der Waals surface area contributed by atoms with E-state index in [1.165, 1.54) is 155 Å². The van der Waals surface area contributed by atoms with Gasteiger partial charge in [-0.05, 0) is 322 Å². The highest BCUT2D eigenvalue weighted by Crippen LogP contribution is 2.48. The first-order chi connectivity index (χ1) is 57.1. The lowest BCUT2D eigenvalue weighted by molar-refractivity contribution is 0.00578. The van der Waals surface area contributed by atoms with Crippen molar-refractivity contribution >= 4 is 253 Å². The summed E-state index contributed by atoms with van der Waals surface area (Å²) < 4.78 is 60.7. The maximum absolute atomic E-state index is 6.41. The first-order valence-electron chi connectivity index (χ1n) is 41.1. The van der Waals surface area contributed by atoms with E-state index in [0.29, 0.717) is 0 Å². The van der Waals surface area contributed by atoms with Crippen molar-refractivity contribution in [3.05, 3.63) is 286 Å². The van der Waals surface area contributed by atoms with Crippen molar-refractivity contribution in [2.24, 2.45) is 0 Å². The fraction of sp³-hybridized carbons (Fsp3) is 0.235. The standard InChI is InChI=1S/C32H27BO2S.C26H15BrS.C22H21BO2S.C12H24B2O4.C10H6BrI/c1-31(2)32(3,4)35-33(34-31)28-14-8-12-24-23(11-7-13-25(24)28)22-15-16-29-26(18-22)27-17-20-9-5-6-10-21(20)19-30(27)36-29;27-24-10-4-8-20-19(7-3-9-21(20)24)18-11-12-25-22(14-18)23-13-16-5-1-2-6-17(16)15-26(23)28-25;1-21(2)22(3,4)25-23(24-21)16-9-10-19-18(13-16)17-11-14-7-5-6-8-15(14)12-20(17)26-19;1-9(2)10(3,4)16-13(15-9)14-17-11(5,6)12(7,8)18-14;11-9-5-1-4-8-7(9)3-2-6-10(8)12/h5-19H,1-4H3;1-15H;5-13H,1-4H3;1-8H3;1-6H. The Morgan fingerprint density at radius 1 is 0.242 bits per heavy atom. The zero-order valence-corrected chi connectivity index (χ0v) is 78.2. The second-order valence-corrected chi connectivity index (χ2v) is 42.1. The van der Waals surface area contributed by atoms with Gasteiger partial charge in [0.05, 0.1) is 44.8 Å². The third-order valence-corrected chi connectivity index (χ3v) is 31.8. The fourth-order valence-electron chi connectivity index (χ4n) is 16.4. The molecule has 8 nitrogen and oxygen atoms in total. The first-order valence-corrected chi connectivity index (χ1v) is 46.2. The summed E-state index contributed by atoms with van der Waals surface area (Å²) in [7, 11) is -1.66. The van der Waals surface area contributed by atoms with Crippen molar-refractivity contribution in [1.29, 1.82) is 0 Å². The van der Waals surface area contributed by atoms with E-state index in [0.717, 1.165) is 15.4 Å². The quantitative estimate of drug-likeness (QED) is 0.125. The van der Waals surface area contributed by atoms with Gasteiger partial charge in [-0.1, -0.05) is 220 Å². The Balaban J connectivity index is 0.000000107. The van der Waals surface area contributed by atoms with Crippen LogP contribution < -0.4 is 10.9 Å². The van der Waals surface area contributed by atoms with Crippen molar-refractivity contribution in [1.82, 2.24) is 0 Å². The van der Waals surface area contributed by atoms with E-state index in [2.05, 4.69) is 383 Å². The van der Waals surface area contributed by atoms with E-state index in [9.17, 15) is 0 Å². The highest BCUT2D eigenvalue weighted by atomic mass is 127. The van der Waals surface area contributed by atoms with Crippen molar-refractivity contribution in [2.45, 2.75) is 156 Å². The third-order valence-electron chi connectivity index (χ3n) is 26.1. The monoisotopic (exact) mass is 1870 g/mol. The zero-order chi connectivity index (χ0) is 84.0. The van der Waals surface area contributed by atoms with Gasteiger partial charge in [0.2, 0.25) is 0 Å². The molecular weight excluding hydrogens is 1780 g/mol. The SMILES string of the molecule is Brc1cccc2c(-c3ccc4sc5cc6ccccc6cc5c4c3)cccc12.Brc1cccc2c(I)cccc12.CC1(C)OB(B2OC(C)(C)C(C)(C)O2)OC1(C)C.CC1(C)OB(c2ccc3sc4cc5ccccc5cc4c3c2)OC1(C)C.CC1(C)OB(c2cccc3c(-c4ccc5sc6cc7ccccc7cc6c5c4)cccc23)OC1(C)C. The second kappa shape index (κ2) is 31.4. The Morgan fingerprint density at radius 2 is 0.542 bits per heavy atom. The summed E-state index contributed by atoms with van der Waals surface area (Å²) in [5.41, 5.74) is 4.36. The van der Waals surface area contributed by atoms with E-state index < -0.39 is 14.0 Å². The molecule has 0 bridgehead atoms. The van der Waals surface area contributed by atoms with E-state index in [1.54, 1.807) is 0 Å². The summed E-state index contributed by atoms with van der Waals surface area (Å²) in [6, 6.07) is 98.6. The van der Waals surface area contributed by atoms with Crippen LogP contribution in [0.2, 0.25) is 0 Å². The van der Waals surface area contributed by atoms with Gasteiger partial charge in [-0.2, -0.15) is 0 Å². The molecule has 3 aromatic heterocycles. The molecule has 0 aliphatic carbocycles. The molecule has 22 rings (SSSR count). The predicted octanol–water partition coefficient (Wildman–Crippen LogP) is 29.1. The van der Waals surface area contributed by atoms with Crippen LogP contribution in [0.3, 0.4) is 0 Å². The van der Waals surface area contributed by atoms with Gasteiger partial charge in [-0.15, -0.1) is 34.0 Å². The van der Waals surface area contributed by atoms with Crippen LogP contribution in [0.15, 0.2) is 282 Å². The smallest absolute Gasteiger partial charge is 0.405 e. The second-order valence-electron chi connectivity index (χ2n) is 36.0. The molecule has 0 atom stereocenters. The fourth-order valence-corrected chi connectivity index (χ4v) is 21.4. The van der Waals surface area contributed by atoms with Gasteiger partial charge in [-0.3, -0.25) is 0 Å². The molecule has 0 spiro atoms. The molecule has 0 unspecified atom stereocenters. The molecule has 0 saturated carbocycles. The molecule has 4 saturated heterocycles. The third kappa shape index (κ3) is 15.4. The van der Waals surface area contributed by atoms with Gasteiger partial charge in [0.25, 0.3) is 0 Å². The van der Waals surface area contributed by atoms with Crippen LogP contribution in [-0.4, -0.2) is 73.1 Å². The maximum atomic E-state index is 6.41. The summed E-state index contributed by atoms with van der Waals surface area (Å²) in [6.45, 7) is 33.0. The summed E-state index contributed by atoms with van der Waals surface area (Å²) in [5.74, 6) is 0. The molecule has 18 heteroatoms. The molecule has 7 heterocycles. The van der Waals surface area contributed by atoms with Crippen LogP contribution in [0.5, 0.6) is 0 Å². The van der Waals surface area contributed by atoms with E-state index in [-0.39, 0.29) is 59.0 Å². The van der Waals surface area contributed by atoms with Gasteiger partial charge in [0.1, 0.15) is 0 Å². The largest absolute Gasteiger partial charge is 0.495 e. The molecule has 120 heavy (non-hydrogen) atoms. The van der Waals surface area contributed by atoms with Crippen LogP contribution >= 0.6 is 88.5 Å². The molecular formula is C102H93B4Br2IO8S3. The Hall–Kier alpha value is -7.85. The average molecular weight is 1870 g/mol. The number of halogens is 3. The van der Waals surface area contributed by atoms with Crippen LogP contribution in [0, 0.1) is 3.57 Å². The number of benzene rings is 15. The van der Waals surface area contributed by atoms with Gasteiger partial charge >= 0.3 is 28.3 Å². The van der Waals surface area contributed by atoms with Crippen molar-refractivity contribution in [3.63, 3.8) is 0 Å². The van der Waals surface area contributed by atoms with E-state index in [4.69, 9.17) is 37.2 Å². The Morgan fingerprint density at radius 3 is 0.950 bits per heavy atom. The molecule has 600 valence electrons. The van der Waals surface area contributed by atoms with Crippen LogP contribution in [0.25, 0.3) is 147 Å². The van der Waals surface area contributed by atoms with Gasteiger partial charge < -0.3 is 37.2 Å². The minimum atomic E-state index is -0.476. The number of fused-ring (bicyclic) bond motifs is 15. The normalized spacial score (nSPS) is 17.8. The molecule has 4 aliphatic heterocycles. The predicted molar refractivity (Wildman–Crippen MR) is 532 cm³/mol. The molecule has 4 fully saturated rings. The van der Waals surface area contributed by atoms with E-state index >= 15 is 0 Å². The van der Waals surface area contributed by atoms with Crippen LogP contribution in [-0.2, 0) is 37.2 Å². The Bertz CT molecular complexity index is 6950. The minimum Gasteiger partial charge on any atom is -0.405 e. The van der Waals surface area contributed by atoms with Gasteiger partial charge in [0.15, 0.2) is 0 Å². The van der Waals surface area contributed by atoms with Gasteiger partial charge in [0, 0.05) is 67.6 Å². The summed E-state index contributed by atoms with van der Waals surface area (Å²) >= 11 is 15.2. The topological polar surface area (TPSA) is 73.8 Å². The minimum absolute atomic E-state index is 0.320. The number of hydrogen-bond acceptors (Lipinski definition) is 11. The molecule has 18 aromatic rings. The lowest BCUT2D eigenvalue weighted by atomic mass is 9.49. The number of rotatable bonds is 5. The van der Waals surface area contributed by atoms with E-state index in [1.807, 2.05) is 89.4 Å². The van der Waals surface area contributed by atoms with Crippen LogP contribution in [0.1, 0.15) is 111 Å². The number of thiophene rings is 3. The first kappa shape index (κ1) is 83.1. The maximum Gasteiger partial charge on any atom is 0.495 e. The summed E-state index contributed by atoms with van der Waals surface area (Å²) in [6.07, 6.45) is 0. The van der Waals surface area contributed by atoms with Crippen molar-refractivity contribution < 1.29 is 37.2 Å². The lowest BCUT2D eigenvalue weighted by Crippen LogP contribution is -2.41. The lowest BCUT2D eigenvalue weighted by Gasteiger charge is -2.32. The highest BCUT2D eigenvalue weighted by Gasteiger charge is 2.64. The number of hydrogen-bond donors (Lipinski definition) is 0. The van der Waals surface area contributed by atoms with Crippen molar-refractivity contribution in [3.8, 4) is 22.3 Å². The summed E-state index contributed by atoms with van der Waals surface area (Å²) in [4.78, 5) is 0. The molecule has 0 N–H and O–H groups in total. The molecule has 0 amide bonds. The summed E-state index contributed by atoms with van der Waals surface area (Å²) in [5, 5.41) is 23.2. The molecule has 0 radical (unpaired) electrons. The molecule has 4 aliphatic rings. The zero-order valence-electron chi connectivity index (χ0n) is 70.4. The molecule has 15 aromatic carbocycles. The Kier molecular flexibility index (Phi) is 21.8. The van der Waals surface area contributed by atoms with Crippen molar-refractivity contribution in [2.75, 3.05) is 0 Å². The van der Waals surface area contributed by atoms with Gasteiger partial charge in [-0.25, -0.2) is 0 Å². The average Bonchev–Trinajstić information content (AvgIpc) is 1.41. The van der Waals surface area contributed by atoms with Crippen LogP contribution in [0.4, 0.5) is 0 Å². The highest BCUT2D eigenvalue weighted by molar-refractivity contribution is 14.1. The Labute approximate surface area is 746 Å².